The van der Waals surface area contributed by atoms with E-state index in [1.165, 1.54) is 16.7 Å². The molecule has 0 bridgehead atoms. The van der Waals surface area contributed by atoms with E-state index in [9.17, 15) is 0 Å². The Morgan fingerprint density at radius 1 is 1.09 bits per heavy atom. The normalized spacial score (nSPS) is 9.73. The van der Waals surface area contributed by atoms with Gasteiger partial charge in [0.15, 0.2) is 0 Å². The third-order valence-electron chi connectivity index (χ3n) is 1.82. The zero-order valence-corrected chi connectivity index (χ0v) is 7.23. The second-order valence-corrected chi connectivity index (χ2v) is 2.92. The van der Waals surface area contributed by atoms with Gasteiger partial charge in [-0.2, -0.15) is 0 Å². The van der Waals surface area contributed by atoms with Crippen LogP contribution in [0.1, 0.15) is 16.7 Å². The molecule has 0 aliphatic heterocycles. The second-order valence-electron chi connectivity index (χ2n) is 2.92. The molecular weight excluding hydrogens is 133 g/mol. The minimum Gasteiger partial charge on any atom is -0.437 e. The SMILES string of the molecule is [B]Nc1c(C)cc(C)cc1C. The lowest BCUT2D eigenvalue weighted by Gasteiger charge is -2.09. The predicted octanol–water partition coefficient (Wildman–Crippen LogP) is 2.11. The lowest BCUT2D eigenvalue weighted by molar-refractivity contribution is 1.32. The molecule has 56 valence electrons. The molecule has 0 aromatic heterocycles. The van der Waals surface area contributed by atoms with E-state index in [-0.39, 0.29) is 0 Å². The molecule has 0 aliphatic carbocycles. The number of hydrogen-bond acceptors (Lipinski definition) is 1. The van der Waals surface area contributed by atoms with Crippen molar-refractivity contribution in [2.45, 2.75) is 20.8 Å². The van der Waals surface area contributed by atoms with Crippen molar-refractivity contribution in [2.24, 2.45) is 0 Å². The minimum absolute atomic E-state index is 1.04. The molecule has 1 aromatic carbocycles. The molecule has 0 spiro atoms. The molecule has 1 aromatic rings. The van der Waals surface area contributed by atoms with Crippen molar-refractivity contribution >= 4 is 13.7 Å². The number of anilines is 1. The third-order valence-corrected chi connectivity index (χ3v) is 1.82. The predicted molar refractivity (Wildman–Crippen MR) is 50.0 cm³/mol. The molecule has 1 nitrogen and oxygen atoms in total. The van der Waals surface area contributed by atoms with Crippen LogP contribution in [0, 0.1) is 20.8 Å². The summed E-state index contributed by atoms with van der Waals surface area (Å²) in [6.07, 6.45) is 0. The van der Waals surface area contributed by atoms with Gasteiger partial charge in [-0.3, -0.25) is 0 Å². The molecule has 0 saturated heterocycles. The first-order valence-electron chi connectivity index (χ1n) is 3.69. The number of nitrogens with one attached hydrogen (secondary N) is 1. The molecule has 1 rings (SSSR count). The van der Waals surface area contributed by atoms with Crippen LogP contribution < -0.4 is 5.23 Å². The van der Waals surface area contributed by atoms with Gasteiger partial charge >= 0.3 is 0 Å². The Bertz CT molecular complexity index is 245. The van der Waals surface area contributed by atoms with Crippen molar-refractivity contribution in [1.29, 1.82) is 0 Å². The van der Waals surface area contributed by atoms with Crippen LogP contribution in [0.2, 0.25) is 0 Å². The lowest BCUT2D eigenvalue weighted by Crippen LogP contribution is -1.97. The molecule has 0 amide bonds. The molecule has 1 N–H and O–H groups in total. The van der Waals surface area contributed by atoms with Gasteiger partial charge in [0.2, 0.25) is 7.98 Å². The molecule has 0 aliphatic rings. The fourth-order valence-corrected chi connectivity index (χ4v) is 1.41. The summed E-state index contributed by atoms with van der Waals surface area (Å²) in [6, 6.07) is 4.23. The Morgan fingerprint density at radius 3 is 1.91 bits per heavy atom. The van der Waals surface area contributed by atoms with Crippen molar-refractivity contribution in [2.75, 3.05) is 5.23 Å². The van der Waals surface area contributed by atoms with Crippen LogP contribution in [0.5, 0.6) is 0 Å². The van der Waals surface area contributed by atoms with Crippen LogP contribution in [0.4, 0.5) is 5.69 Å². The first kappa shape index (κ1) is 8.18. The maximum atomic E-state index is 5.35. The minimum atomic E-state index is 1.04. The fraction of sp³-hybridized carbons (Fsp3) is 0.333. The highest BCUT2D eigenvalue weighted by atomic mass is 14.7. The molecular formula is C9H12BN. The summed E-state index contributed by atoms with van der Waals surface area (Å²) in [5.41, 5.74) is 4.71. The summed E-state index contributed by atoms with van der Waals surface area (Å²) in [5.74, 6) is 0. The average molecular weight is 145 g/mol. The number of rotatable bonds is 1. The quantitative estimate of drug-likeness (QED) is 0.596. The third kappa shape index (κ3) is 1.56. The van der Waals surface area contributed by atoms with Gasteiger partial charge in [0.05, 0.1) is 0 Å². The van der Waals surface area contributed by atoms with Gasteiger partial charge in [0.25, 0.3) is 0 Å². The summed E-state index contributed by atoms with van der Waals surface area (Å²) in [7, 11) is 5.35. The molecule has 2 heteroatoms. The highest BCUT2D eigenvalue weighted by molar-refractivity contribution is 6.16. The summed E-state index contributed by atoms with van der Waals surface area (Å²) in [5, 5.41) is 2.69. The van der Waals surface area contributed by atoms with Gasteiger partial charge in [0, 0.05) is 5.69 Å². The van der Waals surface area contributed by atoms with Crippen molar-refractivity contribution < 1.29 is 0 Å². The van der Waals surface area contributed by atoms with E-state index in [0.717, 1.165) is 5.69 Å². The standard InChI is InChI=1S/C9H12BN/c1-6-4-7(2)9(11-10)8(3)5-6/h4-5,11H,1-3H3. The second kappa shape index (κ2) is 2.99. The molecule has 2 radical (unpaired) electrons. The Kier molecular flexibility index (Phi) is 2.23. The molecule has 0 atom stereocenters. The zero-order chi connectivity index (χ0) is 8.43. The Labute approximate surface area is 69.3 Å². The van der Waals surface area contributed by atoms with Crippen LogP contribution in [0.3, 0.4) is 0 Å². The van der Waals surface area contributed by atoms with Crippen molar-refractivity contribution in [3.63, 3.8) is 0 Å². The van der Waals surface area contributed by atoms with E-state index in [1.54, 1.807) is 0 Å². The van der Waals surface area contributed by atoms with Gasteiger partial charge < -0.3 is 5.23 Å². The van der Waals surface area contributed by atoms with E-state index in [1.807, 2.05) is 0 Å². The smallest absolute Gasteiger partial charge is 0.222 e. The van der Waals surface area contributed by atoms with Crippen molar-refractivity contribution in [1.82, 2.24) is 0 Å². The van der Waals surface area contributed by atoms with Gasteiger partial charge in [-0.05, 0) is 31.9 Å². The molecule has 0 saturated carbocycles. The van der Waals surface area contributed by atoms with Gasteiger partial charge in [-0.1, -0.05) is 17.7 Å². The van der Waals surface area contributed by atoms with E-state index in [0.29, 0.717) is 0 Å². The van der Waals surface area contributed by atoms with Crippen molar-refractivity contribution in [3.05, 3.63) is 28.8 Å². The highest BCUT2D eigenvalue weighted by Crippen LogP contribution is 2.20. The van der Waals surface area contributed by atoms with Gasteiger partial charge in [0.1, 0.15) is 0 Å². The first-order chi connectivity index (χ1) is 5.15. The maximum absolute atomic E-state index is 5.35. The summed E-state index contributed by atoms with van der Waals surface area (Å²) >= 11 is 0. The van der Waals surface area contributed by atoms with Crippen molar-refractivity contribution in [3.8, 4) is 0 Å². The fourth-order valence-electron chi connectivity index (χ4n) is 1.41. The Hall–Kier alpha value is -0.915. The van der Waals surface area contributed by atoms with E-state index in [4.69, 9.17) is 7.98 Å². The summed E-state index contributed by atoms with van der Waals surface area (Å²) in [6.45, 7) is 6.19. The maximum Gasteiger partial charge on any atom is 0.222 e. The Morgan fingerprint density at radius 2 is 1.55 bits per heavy atom. The lowest BCUT2D eigenvalue weighted by atomic mass is 10.0. The molecule has 11 heavy (non-hydrogen) atoms. The number of hydrogen-bond donors (Lipinski definition) is 1. The topological polar surface area (TPSA) is 12.0 Å². The zero-order valence-electron chi connectivity index (χ0n) is 7.23. The molecule has 0 fully saturated rings. The van der Waals surface area contributed by atoms with E-state index in [2.05, 4.69) is 38.1 Å². The number of benzene rings is 1. The monoisotopic (exact) mass is 145 g/mol. The summed E-state index contributed by atoms with van der Waals surface area (Å²) < 4.78 is 0. The first-order valence-corrected chi connectivity index (χ1v) is 3.69. The largest absolute Gasteiger partial charge is 0.437 e. The van der Waals surface area contributed by atoms with Gasteiger partial charge in [-0.15, -0.1) is 0 Å². The van der Waals surface area contributed by atoms with Crippen LogP contribution in [0.15, 0.2) is 12.1 Å². The van der Waals surface area contributed by atoms with Crippen LogP contribution in [0.25, 0.3) is 0 Å². The van der Waals surface area contributed by atoms with E-state index < -0.39 is 0 Å². The van der Waals surface area contributed by atoms with Crippen LogP contribution in [-0.2, 0) is 0 Å². The number of aryl methyl sites for hydroxylation is 3. The molecule has 0 unspecified atom stereocenters. The van der Waals surface area contributed by atoms with Gasteiger partial charge in [-0.25, -0.2) is 0 Å². The average Bonchev–Trinajstić information content (AvgIpc) is 1.85. The highest BCUT2D eigenvalue weighted by Gasteiger charge is 1.99. The van der Waals surface area contributed by atoms with Crippen LogP contribution >= 0.6 is 0 Å². The van der Waals surface area contributed by atoms with Crippen LogP contribution in [-0.4, -0.2) is 7.98 Å². The summed E-state index contributed by atoms with van der Waals surface area (Å²) in [4.78, 5) is 0. The van der Waals surface area contributed by atoms with E-state index >= 15 is 0 Å². The molecule has 0 heterocycles. The Balaban J connectivity index is 3.25.